The third-order valence-electron chi connectivity index (χ3n) is 7.70. The number of thioether (sulfide) groups is 1. The Morgan fingerprint density at radius 3 is 2.00 bits per heavy atom. The standard InChI is InChI=1S/C37H29ClN2O5S2/c1-2-40-34-19-13-26(36(41)25-9-5-3-6-10-25)23-31(34)32-24-27(14-20-35(32)40)37(42)33(21-22-46-29-17-15-28(38)16-18-29)39-45-47(43,44)30-11-7-4-8-12-30/h3-20,23-24H,2,21-22H2,1H3/b39-33+. The van der Waals surface area contributed by atoms with Gasteiger partial charge in [0.1, 0.15) is 10.6 Å². The van der Waals surface area contributed by atoms with Crippen LogP contribution in [0, 0.1) is 0 Å². The van der Waals surface area contributed by atoms with Crippen molar-refractivity contribution in [3.63, 3.8) is 0 Å². The van der Waals surface area contributed by atoms with Gasteiger partial charge in [-0.3, -0.25) is 13.9 Å². The van der Waals surface area contributed by atoms with Gasteiger partial charge in [-0.15, -0.1) is 11.8 Å². The number of Topliss-reactive ketones (excluding diaryl/α,β-unsaturated/α-hetero) is 1. The minimum Gasteiger partial charge on any atom is -0.341 e. The topological polar surface area (TPSA) is 94.8 Å². The number of carbonyl (C=O) groups is 2. The summed E-state index contributed by atoms with van der Waals surface area (Å²) >= 11 is 7.50. The first-order valence-electron chi connectivity index (χ1n) is 14.9. The van der Waals surface area contributed by atoms with Gasteiger partial charge < -0.3 is 4.57 Å². The van der Waals surface area contributed by atoms with Crippen molar-refractivity contribution in [2.24, 2.45) is 5.16 Å². The number of nitrogens with zero attached hydrogens (tertiary/aromatic N) is 2. The number of aryl methyl sites for hydroxylation is 1. The summed E-state index contributed by atoms with van der Waals surface area (Å²) in [6.45, 7) is 2.72. The van der Waals surface area contributed by atoms with Crippen molar-refractivity contribution in [2.75, 3.05) is 5.75 Å². The van der Waals surface area contributed by atoms with E-state index in [1.807, 2.05) is 61.5 Å². The molecular formula is C37H29ClN2O5S2. The van der Waals surface area contributed by atoms with Gasteiger partial charge in [-0.2, -0.15) is 8.42 Å². The van der Waals surface area contributed by atoms with Gasteiger partial charge in [-0.1, -0.05) is 65.3 Å². The number of fused-ring (bicyclic) bond motifs is 3. The number of benzene rings is 5. The molecule has 236 valence electrons. The second-order valence-corrected chi connectivity index (χ2v) is 13.8. The molecule has 7 nitrogen and oxygen atoms in total. The molecule has 0 radical (unpaired) electrons. The highest BCUT2D eigenvalue weighted by Crippen LogP contribution is 2.32. The molecule has 6 rings (SSSR count). The van der Waals surface area contributed by atoms with Crippen LogP contribution in [0.3, 0.4) is 0 Å². The summed E-state index contributed by atoms with van der Waals surface area (Å²) in [5.74, 6) is -0.120. The molecule has 0 spiro atoms. The number of ketones is 2. The van der Waals surface area contributed by atoms with Gasteiger partial charge in [-0.25, -0.2) is 0 Å². The normalized spacial score (nSPS) is 12.0. The third-order valence-corrected chi connectivity index (χ3v) is 10.1. The van der Waals surface area contributed by atoms with Crippen LogP contribution in [-0.2, 0) is 20.9 Å². The van der Waals surface area contributed by atoms with E-state index in [9.17, 15) is 18.0 Å². The molecule has 0 saturated heterocycles. The molecule has 0 unspecified atom stereocenters. The van der Waals surface area contributed by atoms with E-state index in [0.29, 0.717) is 34.0 Å². The van der Waals surface area contributed by atoms with Crippen LogP contribution in [0.1, 0.15) is 39.6 Å². The van der Waals surface area contributed by atoms with E-state index in [1.165, 1.54) is 23.9 Å². The maximum atomic E-state index is 14.0. The summed E-state index contributed by atoms with van der Waals surface area (Å²) in [5, 5.41) is 6.16. The number of carbonyl (C=O) groups excluding carboxylic acids is 2. The lowest BCUT2D eigenvalue weighted by molar-refractivity contribution is 0.103. The van der Waals surface area contributed by atoms with Crippen LogP contribution in [0.15, 0.2) is 136 Å². The zero-order valence-corrected chi connectivity index (χ0v) is 27.7. The Labute approximate surface area is 281 Å². The molecule has 0 fully saturated rings. The van der Waals surface area contributed by atoms with Gasteiger partial charge in [0, 0.05) is 67.1 Å². The largest absolute Gasteiger partial charge is 0.358 e. The van der Waals surface area contributed by atoms with E-state index in [-0.39, 0.29) is 22.8 Å². The van der Waals surface area contributed by atoms with Crippen LogP contribution < -0.4 is 0 Å². The number of hydrogen-bond donors (Lipinski definition) is 0. The van der Waals surface area contributed by atoms with Crippen LogP contribution in [0.2, 0.25) is 5.02 Å². The van der Waals surface area contributed by atoms with Crippen LogP contribution >= 0.6 is 23.4 Å². The molecule has 47 heavy (non-hydrogen) atoms. The minimum atomic E-state index is -4.25. The maximum Gasteiger partial charge on any atom is 0.358 e. The number of rotatable bonds is 12. The summed E-state index contributed by atoms with van der Waals surface area (Å²) in [4.78, 5) is 28.2. The Morgan fingerprint density at radius 1 is 0.766 bits per heavy atom. The number of oxime groups is 1. The summed E-state index contributed by atoms with van der Waals surface area (Å²) in [6, 6.07) is 35.0. The van der Waals surface area contributed by atoms with E-state index < -0.39 is 15.9 Å². The zero-order valence-electron chi connectivity index (χ0n) is 25.3. The van der Waals surface area contributed by atoms with Gasteiger partial charge in [0.15, 0.2) is 5.78 Å². The molecule has 0 bridgehead atoms. The summed E-state index contributed by atoms with van der Waals surface area (Å²) < 4.78 is 33.0. The average Bonchev–Trinajstić information content (AvgIpc) is 3.42. The Kier molecular flexibility index (Phi) is 9.58. The van der Waals surface area contributed by atoms with Crippen LogP contribution in [-0.4, -0.2) is 36.0 Å². The Bertz CT molecular complexity index is 2230. The first-order valence-corrected chi connectivity index (χ1v) is 17.7. The van der Waals surface area contributed by atoms with Gasteiger partial charge in [0.2, 0.25) is 5.78 Å². The molecule has 0 aliphatic rings. The molecule has 6 aromatic rings. The Morgan fingerprint density at radius 2 is 1.36 bits per heavy atom. The summed E-state index contributed by atoms with van der Waals surface area (Å²) in [5.41, 5.74) is 3.25. The maximum absolute atomic E-state index is 14.0. The first kappa shape index (κ1) is 32.2. The highest BCUT2D eigenvalue weighted by Gasteiger charge is 2.22. The van der Waals surface area contributed by atoms with Crippen molar-refractivity contribution in [3.8, 4) is 0 Å². The lowest BCUT2D eigenvalue weighted by Gasteiger charge is -2.08. The highest BCUT2D eigenvalue weighted by atomic mass is 35.5. The van der Waals surface area contributed by atoms with E-state index in [4.69, 9.17) is 15.9 Å². The lowest BCUT2D eigenvalue weighted by Crippen LogP contribution is -2.17. The van der Waals surface area contributed by atoms with Gasteiger partial charge in [0.05, 0.1) is 0 Å². The molecule has 0 aliphatic heterocycles. The van der Waals surface area contributed by atoms with Gasteiger partial charge in [-0.05, 0) is 79.7 Å². The molecule has 0 saturated carbocycles. The predicted octanol–water partition coefficient (Wildman–Crippen LogP) is 8.83. The Hall–Kier alpha value is -4.70. The Balaban J connectivity index is 1.36. The van der Waals surface area contributed by atoms with E-state index in [0.717, 1.165) is 26.7 Å². The summed E-state index contributed by atoms with van der Waals surface area (Å²) in [6.07, 6.45) is 0.140. The molecule has 0 amide bonds. The van der Waals surface area contributed by atoms with Crippen molar-refractivity contribution in [2.45, 2.75) is 29.7 Å². The van der Waals surface area contributed by atoms with Crippen molar-refractivity contribution in [3.05, 3.63) is 143 Å². The highest BCUT2D eigenvalue weighted by molar-refractivity contribution is 7.99. The molecule has 10 heteroatoms. The monoisotopic (exact) mass is 680 g/mol. The fourth-order valence-corrected chi connectivity index (χ4v) is 7.12. The first-order chi connectivity index (χ1) is 22.7. The minimum absolute atomic E-state index is 0.0375. The zero-order chi connectivity index (χ0) is 33.0. The molecular weight excluding hydrogens is 652 g/mol. The number of aromatic nitrogens is 1. The predicted molar refractivity (Wildman–Crippen MR) is 188 cm³/mol. The molecule has 1 heterocycles. The van der Waals surface area contributed by atoms with E-state index >= 15 is 0 Å². The molecule has 5 aromatic carbocycles. The number of hydrogen-bond acceptors (Lipinski definition) is 7. The lowest BCUT2D eigenvalue weighted by atomic mass is 9.99. The third kappa shape index (κ3) is 7.02. The SMILES string of the molecule is CCn1c2ccc(C(=O)/C(CCSc3ccc(Cl)cc3)=N/OS(=O)(=O)c3ccccc3)cc2c2cc(C(=O)c3ccccc3)ccc21. The quantitative estimate of drug-likeness (QED) is 0.0555. The smallest absolute Gasteiger partial charge is 0.341 e. The fourth-order valence-electron chi connectivity index (χ4n) is 5.37. The number of halogens is 1. The van der Waals surface area contributed by atoms with Gasteiger partial charge >= 0.3 is 10.1 Å². The van der Waals surface area contributed by atoms with Gasteiger partial charge in [0.25, 0.3) is 0 Å². The fraction of sp³-hybridized carbons (Fsp3) is 0.108. The van der Waals surface area contributed by atoms with E-state index in [1.54, 1.807) is 54.6 Å². The van der Waals surface area contributed by atoms with Crippen LogP contribution in [0.25, 0.3) is 21.8 Å². The van der Waals surface area contributed by atoms with Crippen molar-refractivity contribution in [1.82, 2.24) is 4.57 Å². The van der Waals surface area contributed by atoms with Crippen molar-refractivity contribution >= 4 is 72.6 Å². The van der Waals surface area contributed by atoms with Crippen LogP contribution in [0.4, 0.5) is 0 Å². The molecule has 0 N–H and O–H groups in total. The molecule has 0 atom stereocenters. The van der Waals surface area contributed by atoms with Crippen LogP contribution in [0.5, 0.6) is 0 Å². The van der Waals surface area contributed by atoms with Crippen molar-refractivity contribution in [1.29, 1.82) is 0 Å². The average molecular weight is 681 g/mol. The molecule has 0 aliphatic carbocycles. The van der Waals surface area contributed by atoms with Crippen molar-refractivity contribution < 1.29 is 22.3 Å². The second-order valence-electron chi connectivity index (χ2n) is 10.7. The van der Waals surface area contributed by atoms with E-state index in [2.05, 4.69) is 9.72 Å². The second kappa shape index (κ2) is 14.0. The summed E-state index contributed by atoms with van der Waals surface area (Å²) in [7, 11) is -4.25. The molecule has 1 aromatic heterocycles.